The fourth-order valence-corrected chi connectivity index (χ4v) is 7.53. The fourth-order valence-electron chi connectivity index (χ4n) is 7.53. The van der Waals surface area contributed by atoms with Gasteiger partial charge in [-0.25, -0.2) is 0 Å². The smallest absolute Gasteiger partial charge is 0.306 e. The first-order chi connectivity index (χ1) is 29.8. The number of hydrogen-bond donors (Lipinski definition) is 4. The van der Waals surface area contributed by atoms with Gasteiger partial charge in [0.15, 0.2) is 12.4 Å². The first kappa shape index (κ1) is 56.9. The topological polar surface area (TPSA) is 152 Å². The highest BCUT2D eigenvalue weighted by Crippen LogP contribution is 2.23. The van der Waals surface area contributed by atoms with Crippen molar-refractivity contribution < 1.29 is 49.0 Å². The van der Waals surface area contributed by atoms with Crippen LogP contribution in [-0.4, -0.2) is 89.0 Å². The van der Waals surface area contributed by atoms with E-state index in [-0.39, 0.29) is 26.1 Å². The molecule has 0 aromatic heterocycles. The van der Waals surface area contributed by atoms with Crippen LogP contribution in [0.3, 0.4) is 0 Å². The molecule has 1 fully saturated rings. The van der Waals surface area contributed by atoms with Crippen LogP contribution in [0.15, 0.2) is 36.5 Å². The maximum absolute atomic E-state index is 12.7. The Morgan fingerprint density at radius 3 is 1.44 bits per heavy atom. The average Bonchev–Trinajstić information content (AvgIpc) is 3.26. The molecule has 3 unspecified atom stereocenters. The number of carbonyl (C=O) groups excluding carboxylic acids is 2. The molecule has 0 bridgehead atoms. The van der Waals surface area contributed by atoms with E-state index in [1.54, 1.807) is 0 Å². The van der Waals surface area contributed by atoms with Crippen LogP contribution in [0.1, 0.15) is 219 Å². The number of ether oxygens (including phenoxy) is 4. The molecule has 1 aliphatic rings. The van der Waals surface area contributed by atoms with E-state index in [0.29, 0.717) is 12.8 Å². The Morgan fingerprint density at radius 2 is 0.951 bits per heavy atom. The van der Waals surface area contributed by atoms with E-state index in [0.717, 1.165) is 38.5 Å². The zero-order valence-electron chi connectivity index (χ0n) is 38.9. The van der Waals surface area contributed by atoms with Crippen molar-refractivity contribution >= 4 is 11.9 Å². The fraction of sp³-hybridized carbons (Fsp3) is 0.843. The molecule has 1 rings (SSSR count). The molecule has 1 heterocycles. The lowest BCUT2D eigenvalue weighted by Gasteiger charge is -2.39. The first-order valence-electron chi connectivity index (χ1n) is 25.1. The number of unbranched alkanes of at least 4 members (excludes halogenated alkanes) is 25. The molecule has 4 N–H and O–H groups in total. The Kier molecular flexibility index (Phi) is 39.1. The van der Waals surface area contributed by atoms with Crippen LogP contribution in [0.4, 0.5) is 0 Å². The van der Waals surface area contributed by atoms with Gasteiger partial charge in [-0.3, -0.25) is 9.59 Å². The van der Waals surface area contributed by atoms with Crippen LogP contribution >= 0.6 is 0 Å². The van der Waals surface area contributed by atoms with Gasteiger partial charge in [0.05, 0.1) is 13.2 Å². The Balaban J connectivity index is 2.26. The van der Waals surface area contributed by atoms with Gasteiger partial charge in [0.1, 0.15) is 31.0 Å². The molecule has 0 aromatic carbocycles. The van der Waals surface area contributed by atoms with E-state index in [9.17, 15) is 30.0 Å². The summed E-state index contributed by atoms with van der Waals surface area (Å²) in [5, 5.41) is 40.1. The minimum absolute atomic E-state index is 0.124. The molecule has 1 saturated heterocycles. The Labute approximate surface area is 372 Å². The zero-order chi connectivity index (χ0) is 44.4. The maximum atomic E-state index is 12.7. The Morgan fingerprint density at radius 1 is 0.508 bits per heavy atom. The monoisotopic (exact) mass is 865 g/mol. The third-order valence-corrected chi connectivity index (χ3v) is 11.5. The molecule has 61 heavy (non-hydrogen) atoms. The Hall–Kier alpha value is -2.08. The minimum atomic E-state index is -1.60. The molecule has 0 saturated carbocycles. The summed E-state index contributed by atoms with van der Waals surface area (Å²) in [5.74, 6) is -0.885. The van der Waals surface area contributed by atoms with E-state index in [1.807, 2.05) is 12.2 Å². The van der Waals surface area contributed by atoms with Gasteiger partial charge in [-0.05, 0) is 57.8 Å². The van der Waals surface area contributed by atoms with Crippen LogP contribution in [0.5, 0.6) is 0 Å². The van der Waals surface area contributed by atoms with Crippen LogP contribution in [0, 0.1) is 0 Å². The molecule has 1 aliphatic heterocycles. The van der Waals surface area contributed by atoms with Gasteiger partial charge in [-0.1, -0.05) is 185 Å². The molecule has 0 spiro atoms. The highest BCUT2D eigenvalue weighted by atomic mass is 16.7. The number of aliphatic hydroxyl groups excluding tert-OH is 4. The van der Waals surface area contributed by atoms with Crippen molar-refractivity contribution in [3.05, 3.63) is 36.5 Å². The molecular weight excluding hydrogens is 773 g/mol. The number of hydrogen-bond acceptors (Lipinski definition) is 10. The standard InChI is InChI=1S/C51H92O10/c1-3-5-7-9-11-13-15-17-18-19-20-21-22-23-24-25-26-28-29-31-33-35-37-39-46(53)58-42-44(43-59-51-50(57)49(56)48(55)45(41-52)61-51)60-47(54)40-38-36-34-32-30-27-16-14-12-10-8-6-4-2/h23-24,27,30,34,36,44-45,48-52,55-57H,3-22,25-26,28-29,31-33,35,37-43H2,1-2H3/b24-23+,30-27+,36-34+/t44?,45-,48+,49?,50?,51-/m0/s1. The third-order valence-electron chi connectivity index (χ3n) is 11.5. The summed E-state index contributed by atoms with van der Waals surface area (Å²) in [4.78, 5) is 25.3. The zero-order valence-corrected chi connectivity index (χ0v) is 38.9. The largest absolute Gasteiger partial charge is 0.462 e. The predicted molar refractivity (Wildman–Crippen MR) is 247 cm³/mol. The molecule has 356 valence electrons. The quantitative estimate of drug-likeness (QED) is 0.0265. The van der Waals surface area contributed by atoms with Crippen molar-refractivity contribution in [2.24, 2.45) is 0 Å². The van der Waals surface area contributed by atoms with Crippen molar-refractivity contribution in [2.75, 3.05) is 19.8 Å². The summed E-state index contributed by atoms with van der Waals surface area (Å²) in [7, 11) is 0. The van der Waals surface area contributed by atoms with Gasteiger partial charge in [-0.2, -0.15) is 0 Å². The molecule has 10 nitrogen and oxygen atoms in total. The number of allylic oxidation sites excluding steroid dienone is 6. The van der Waals surface area contributed by atoms with Crippen molar-refractivity contribution in [1.82, 2.24) is 0 Å². The van der Waals surface area contributed by atoms with Gasteiger partial charge < -0.3 is 39.4 Å². The normalized spacial score (nSPS) is 20.0. The lowest BCUT2D eigenvalue weighted by atomic mass is 9.99. The minimum Gasteiger partial charge on any atom is -0.462 e. The van der Waals surface area contributed by atoms with Gasteiger partial charge in [0.25, 0.3) is 0 Å². The van der Waals surface area contributed by atoms with Gasteiger partial charge >= 0.3 is 11.9 Å². The molecule has 6 atom stereocenters. The summed E-state index contributed by atoms with van der Waals surface area (Å²) >= 11 is 0. The molecular formula is C51H92O10. The number of esters is 2. The van der Waals surface area contributed by atoms with Crippen LogP contribution in [0.2, 0.25) is 0 Å². The number of aliphatic hydroxyl groups is 4. The van der Waals surface area contributed by atoms with E-state index >= 15 is 0 Å². The molecule has 0 aromatic rings. The van der Waals surface area contributed by atoms with Crippen molar-refractivity contribution in [2.45, 2.75) is 256 Å². The van der Waals surface area contributed by atoms with Crippen LogP contribution in [0.25, 0.3) is 0 Å². The predicted octanol–water partition coefficient (Wildman–Crippen LogP) is 11.4. The second kappa shape index (κ2) is 41.9. The van der Waals surface area contributed by atoms with Crippen LogP contribution in [-0.2, 0) is 28.5 Å². The maximum Gasteiger partial charge on any atom is 0.306 e. The summed E-state index contributed by atoms with van der Waals surface area (Å²) in [6.45, 7) is 3.37. The van der Waals surface area contributed by atoms with E-state index < -0.39 is 55.4 Å². The number of rotatable bonds is 42. The highest BCUT2D eigenvalue weighted by Gasteiger charge is 2.44. The van der Waals surface area contributed by atoms with Crippen molar-refractivity contribution in [1.29, 1.82) is 0 Å². The first-order valence-corrected chi connectivity index (χ1v) is 25.1. The lowest BCUT2D eigenvalue weighted by Crippen LogP contribution is -2.59. The molecule has 10 heteroatoms. The summed E-state index contributed by atoms with van der Waals surface area (Å²) in [5.41, 5.74) is 0. The Bertz CT molecular complexity index is 1090. The van der Waals surface area contributed by atoms with E-state index in [2.05, 4.69) is 38.2 Å². The van der Waals surface area contributed by atoms with E-state index in [1.165, 1.54) is 141 Å². The summed E-state index contributed by atoms with van der Waals surface area (Å²) in [6, 6.07) is 0. The SMILES string of the molecule is CCCCCCCC/C=C/C/C=C/CCC(=O)OC(COC(=O)CCCCCCCCC/C=C/CCCCCCCCCCCCCC)CO[C@H]1O[C@@H](CO)[C@@H](O)C(O)C1O. The van der Waals surface area contributed by atoms with Gasteiger partial charge in [0.2, 0.25) is 0 Å². The van der Waals surface area contributed by atoms with Crippen LogP contribution < -0.4 is 0 Å². The summed E-state index contributed by atoms with van der Waals surface area (Å²) in [6.07, 6.45) is 41.8. The average molecular weight is 865 g/mol. The second-order valence-electron chi connectivity index (χ2n) is 17.3. The third kappa shape index (κ3) is 33.1. The van der Waals surface area contributed by atoms with Crippen molar-refractivity contribution in [3.63, 3.8) is 0 Å². The van der Waals surface area contributed by atoms with Crippen molar-refractivity contribution in [3.8, 4) is 0 Å². The van der Waals surface area contributed by atoms with E-state index in [4.69, 9.17) is 18.9 Å². The van der Waals surface area contributed by atoms with Gasteiger partial charge in [-0.15, -0.1) is 0 Å². The highest BCUT2D eigenvalue weighted by molar-refractivity contribution is 5.70. The molecule has 0 radical (unpaired) electrons. The number of carbonyl (C=O) groups is 2. The molecule has 0 aliphatic carbocycles. The second-order valence-corrected chi connectivity index (χ2v) is 17.3. The lowest BCUT2D eigenvalue weighted by molar-refractivity contribution is -0.305. The van der Waals surface area contributed by atoms with Gasteiger partial charge in [0, 0.05) is 12.8 Å². The molecule has 0 amide bonds. The summed E-state index contributed by atoms with van der Waals surface area (Å²) < 4.78 is 22.1.